The number of hydrogen-bond acceptors (Lipinski definition) is 3. The van der Waals surface area contributed by atoms with Gasteiger partial charge in [0.1, 0.15) is 6.04 Å². The molecule has 0 aromatic heterocycles. The molecule has 1 aliphatic rings. The van der Waals surface area contributed by atoms with Crippen molar-refractivity contribution in [2.24, 2.45) is 5.41 Å². The summed E-state index contributed by atoms with van der Waals surface area (Å²) in [5.74, 6) is -1.17. The molecule has 1 saturated carbocycles. The average molecular weight is 250 g/mol. The van der Waals surface area contributed by atoms with Gasteiger partial charge in [-0.1, -0.05) is 20.8 Å². The van der Waals surface area contributed by atoms with Crippen molar-refractivity contribution in [2.75, 3.05) is 0 Å². The quantitative estimate of drug-likeness (QED) is 0.643. The molecule has 1 unspecified atom stereocenters. The van der Waals surface area contributed by atoms with Crippen LogP contribution in [0.3, 0.4) is 0 Å². The van der Waals surface area contributed by atoms with Gasteiger partial charge in [-0.15, -0.1) is 0 Å². The lowest BCUT2D eigenvalue weighted by atomic mass is 9.88. The first-order chi connectivity index (χ1) is 7.12. The molecule has 6 nitrogen and oxygen atoms in total. The normalized spacial score (nSPS) is 19.4. The predicted octanol–water partition coefficient (Wildman–Crippen LogP) is 0.0721. The molecular formula is C9H18N2O4S. The van der Waals surface area contributed by atoms with Gasteiger partial charge in [0.25, 0.3) is 10.2 Å². The number of rotatable bonds is 5. The van der Waals surface area contributed by atoms with Gasteiger partial charge in [-0.3, -0.25) is 4.79 Å². The molecule has 94 valence electrons. The summed E-state index contributed by atoms with van der Waals surface area (Å²) in [6.07, 6.45) is 1.63. The predicted molar refractivity (Wildman–Crippen MR) is 59.1 cm³/mol. The van der Waals surface area contributed by atoms with E-state index < -0.39 is 27.6 Å². The number of carboxylic acid groups (broad SMARTS) is 1. The minimum absolute atomic E-state index is 0.0353. The van der Waals surface area contributed by atoms with Crippen LogP contribution in [0.15, 0.2) is 0 Å². The highest BCUT2D eigenvalue weighted by molar-refractivity contribution is 7.87. The first-order valence-corrected chi connectivity index (χ1v) is 6.62. The summed E-state index contributed by atoms with van der Waals surface area (Å²) in [6.45, 7) is 5.02. The summed E-state index contributed by atoms with van der Waals surface area (Å²) in [6, 6.07) is -1.17. The maximum Gasteiger partial charge on any atom is 0.322 e. The van der Waals surface area contributed by atoms with Crippen molar-refractivity contribution in [3.05, 3.63) is 0 Å². The van der Waals surface area contributed by atoms with Crippen molar-refractivity contribution in [3.63, 3.8) is 0 Å². The van der Waals surface area contributed by atoms with E-state index in [1.54, 1.807) is 20.8 Å². The Morgan fingerprint density at radius 2 is 1.88 bits per heavy atom. The van der Waals surface area contributed by atoms with Crippen LogP contribution in [0, 0.1) is 5.41 Å². The Morgan fingerprint density at radius 3 is 2.19 bits per heavy atom. The summed E-state index contributed by atoms with van der Waals surface area (Å²) in [5, 5.41) is 8.97. The Labute approximate surface area is 95.6 Å². The fraction of sp³-hybridized carbons (Fsp3) is 0.889. The van der Waals surface area contributed by atoms with Crippen molar-refractivity contribution in [1.82, 2.24) is 9.44 Å². The van der Waals surface area contributed by atoms with Crippen molar-refractivity contribution < 1.29 is 18.3 Å². The molecule has 7 heteroatoms. The molecular weight excluding hydrogens is 232 g/mol. The molecule has 0 spiro atoms. The van der Waals surface area contributed by atoms with Gasteiger partial charge < -0.3 is 5.11 Å². The average Bonchev–Trinajstić information content (AvgIpc) is 2.80. The van der Waals surface area contributed by atoms with Gasteiger partial charge in [-0.2, -0.15) is 17.9 Å². The van der Waals surface area contributed by atoms with Crippen LogP contribution in [0.1, 0.15) is 33.6 Å². The van der Waals surface area contributed by atoms with E-state index in [-0.39, 0.29) is 6.04 Å². The largest absolute Gasteiger partial charge is 0.480 e. The van der Waals surface area contributed by atoms with Gasteiger partial charge in [0.2, 0.25) is 0 Å². The third kappa shape index (κ3) is 4.07. The molecule has 0 heterocycles. The summed E-state index contributed by atoms with van der Waals surface area (Å²) < 4.78 is 27.7. The van der Waals surface area contributed by atoms with Crippen LogP contribution in [0.5, 0.6) is 0 Å². The Bertz CT molecular complexity index is 367. The number of aliphatic carboxylic acids is 1. The minimum Gasteiger partial charge on any atom is -0.480 e. The topological polar surface area (TPSA) is 95.5 Å². The van der Waals surface area contributed by atoms with E-state index in [1.165, 1.54) is 0 Å². The monoisotopic (exact) mass is 250 g/mol. The molecule has 3 N–H and O–H groups in total. The molecule has 1 rings (SSSR count). The molecule has 0 aliphatic heterocycles. The fourth-order valence-corrected chi connectivity index (χ4v) is 2.71. The van der Waals surface area contributed by atoms with Crippen LogP contribution >= 0.6 is 0 Å². The second-order valence-electron chi connectivity index (χ2n) is 5.15. The third-order valence-electron chi connectivity index (χ3n) is 2.29. The molecule has 16 heavy (non-hydrogen) atoms. The van der Waals surface area contributed by atoms with Crippen LogP contribution in [0.2, 0.25) is 0 Å². The van der Waals surface area contributed by atoms with Gasteiger partial charge in [0.15, 0.2) is 0 Å². The van der Waals surface area contributed by atoms with Crippen molar-refractivity contribution in [2.45, 2.75) is 45.7 Å². The molecule has 0 radical (unpaired) electrons. The lowest BCUT2D eigenvalue weighted by molar-refractivity contribution is -0.141. The maximum absolute atomic E-state index is 11.6. The van der Waals surface area contributed by atoms with Gasteiger partial charge in [0.05, 0.1) is 0 Å². The summed E-state index contributed by atoms with van der Waals surface area (Å²) >= 11 is 0. The second-order valence-corrected chi connectivity index (χ2v) is 6.63. The van der Waals surface area contributed by atoms with E-state index in [2.05, 4.69) is 9.44 Å². The van der Waals surface area contributed by atoms with Gasteiger partial charge in [0, 0.05) is 6.04 Å². The molecule has 0 bridgehead atoms. The summed E-state index contributed by atoms with van der Waals surface area (Å²) in [4.78, 5) is 11.0. The summed E-state index contributed by atoms with van der Waals surface area (Å²) in [5.41, 5.74) is -0.676. The van der Waals surface area contributed by atoms with Crippen LogP contribution in [0.4, 0.5) is 0 Å². The lowest BCUT2D eigenvalue weighted by Crippen LogP contribution is -2.52. The Kier molecular flexibility index (Phi) is 3.61. The van der Waals surface area contributed by atoms with Crippen LogP contribution in [-0.4, -0.2) is 31.6 Å². The minimum atomic E-state index is -3.73. The number of nitrogens with one attached hydrogen (secondary N) is 2. The first kappa shape index (κ1) is 13.4. The molecule has 0 aromatic rings. The van der Waals surface area contributed by atoms with Crippen molar-refractivity contribution in [3.8, 4) is 0 Å². The second kappa shape index (κ2) is 4.31. The Balaban J connectivity index is 2.70. The highest BCUT2D eigenvalue weighted by atomic mass is 32.2. The summed E-state index contributed by atoms with van der Waals surface area (Å²) in [7, 11) is -3.73. The SMILES string of the molecule is CC(C)(C)C(NS(=O)(=O)NC1CC1)C(=O)O. The zero-order valence-electron chi connectivity index (χ0n) is 9.65. The molecule has 0 saturated heterocycles. The van der Waals surface area contributed by atoms with Gasteiger partial charge >= 0.3 is 5.97 Å². The fourth-order valence-electron chi connectivity index (χ4n) is 1.21. The molecule has 1 fully saturated rings. The lowest BCUT2D eigenvalue weighted by Gasteiger charge is -2.27. The highest BCUT2D eigenvalue weighted by Gasteiger charge is 2.36. The third-order valence-corrected chi connectivity index (χ3v) is 3.47. The molecule has 0 aromatic carbocycles. The van der Waals surface area contributed by atoms with E-state index in [0.29, 0.717) is 0 Å². The van der Waals surface area contributed by atoms with Gasteiger partial charge in [-0.05, 0) is 18.3 Å². The van der Waals surface area contributed by atoms with Crippen LogP contribution in [0.25, 0.3) is 0 Å². The van der Waals surface area contributed by atoms with E-state index in [9.17, 15) is 13.2 Å². The first-order valence-electron chi connectivity index (χ1n) is 5.14. The zero-order chi connectivity index (χ0) is 12.6. The van der Waals surface area contributed by atoms with Crippen LogP contribution < -0.4 is 9.44 Å². The zero-order valence-corrected chi connectivity index (χ0v) is 10.5. The maximum atomic E-state index is 11.6. The van der Waals surface area contributed by atoms with E-state index >= 15 is 0 Å². The van der Waals surface area contributed by atoms with E-state index in [1.807, 2.05) is 0 Å². The molecule has 1 aliphatic carbocycles. The number of carboxylic acids is 1. The van der Waals surface area contributed by atoms with E-state index in [4.69, 9.17) is 5.11 Å². The number of carbonyl (C=O) groups is 1. The van der Waals surface area contributed by atoms with Gasteiger partial charge in [-0.25, -0.2) is 0 Å². The van der Waals surface area contributed by atoms with Crippen molar-refractivity contribution in [1.29, 1.82) is 0 Å². The standard InChI is InChI=1S/C9H18N2O4S/c1-9(2,3)7(8(12)13)11-16(14,15)10-6-4-5-6/h6-7,10-11H,4-5H2,1-3H3,(H,12,13). The smallest absolute Gasteiger partial charge is 0.322 e. The van der Waals surface area contributed by atoms with Crippen LogP contribution in [-0.2, 0) is 15.0 Å². The Hall–Kier alpha value is -0.660. The van der Waals surface area contributed by atoms with E-state index in [0.717, 1.165) is 12.8 Å². The number of hydrogen-bond donors (Lipinski definition) is 3. The Morgan fingerprint density at radius 1 is 1.38 bits per heavy atom. The molecule has 0 amide bonds. The highest BCUT2D eigenvalue weighted by Crippen LogP contribution is 2.22. The van der Waals surface area contributed by atoms with Crippen molar-refractivity contribution >= 4 is 16.2 Å². The molecule has 1 atom stereocenters.